The van der Waals surface area contributed by atoms with Gasteiger partial charge in [-0.15, -0.1) is 12.4 Å². The van der Waals surface area contributed by atoms with Gasteiger partial charge >= 0.3 is 5.97 Å². The Morgan fingerprint density at radius 1 is 1.17 bits per heavy atom. The van der Waals surface area contributed by atoms with Crippen molar-refractivity contribution in [3.05, 3.63) is 48.0 Å². The molecule has 0 saturated heterocycles. The molecule has 0 fully saturated rings. The summed E-state index contributed by atoms with van der Waals surface area (Å²) in [7, 11) is 0. The third kappa shape index (κ3) is 4.51. The van der Waals surface area contributed by atoms with Gasteiger partial charge in [-0.2, -0.15) is 0 Å². The van der Waals surface area contributed by atoms with E-state index in [0.717, 1.165) is 26.1 Å². The number of carbonyl (C=O) groups is 1. The Balaban J connectivity index is 0.00000162. The van der Waals surface area contributed by atoms with Crippen molar-refractivity contribution in [2.75, 3.05) is 26.2 Å². The van der Waals surface area contributed by atoms with Crippen LogP contribution in [0, 0.1) is 0 Å². The molecule has 0 radical (unpaired) electrons. The molecule has 4 heteroatoms. The lowest BCUT2D eigenvalue weighted by Gasteiger charge is -2.14. The van der Waals surface area contributed by atoms with Crippen LogP contribution in [0.2, 0.25) is 0 Å². The molecule has 1 aliphatic rings. The molecule has 0 saturated carbocycles. The van der Waals surface area contributed by atoms with Crippen LogP contribution in [-0.4, -0.2) is 37.1 Å². The van der Waals surface area contributed by atoms with E-state index in [9.17, 15) is 4.79 Å². The first kappa shape index (κ1) is 14.7. The number of benzene rings is 1. The third-order valence-corrected chi connectivity index (χ3v) is 2.76. The predicted octanol–water partition coefficient (Wildman–Crippen LogP) is 2.53. The summed E-state index contributed by atoms with van der Waals surface area (Å²) in [4.78, 5) is 13.9. The lowest BCUT2D eigenvalue weighted by Crippen LogP contribution is -2.22. The lowest BCUT2D eigenvalue weighted by atomic mass is 10.2. The molecule has 98 valence electrons. The average Bonchev–Trinajstić information content (AvgIpc) is 2.88. The molecule has 18 heavy (non-hydrogen) atoms. The number of ether oxygens (including phenoxy) is 1. The monoisotopic (exact) mass is 267 g/mol. The van der Waals surface area contributed by atoms with Gasteiger partial charge in [0.15, 0.2) is 0 Å². The zero-order valence-corrected chi connectivity index (χ0v) is 11.1. The van der Waals surface area contributed by atoms with Crippen LogP contribution >= 0.6 is 12.4 Å². The molecule has 0 N–H and O–H groups in total. The SMILES string of the molecule is Cl.O=C(OCCCN1CC=CC1)c1ccccc1. The second kappa shape index (κ2) is 7.90. The minimum absolute atomic E-state index is 0. The molecule has 0 unspecified atom stereocenters. The first-order valence-electron chi connectivity index (χ1n) is 5.96. The Hall–Kier alpha value is -1.32. The van der Waals surface area contributed by atoms with Gasteiger partial charge in [0.25, 0.3) is 0 Å². The molecular formula is C14H18ClNO2. The molecule has 2 rings (SSSR count). The second-order valence-electron chi connectivity index (χ2n) is 4.09. The van der Waals surface area contributed by atoms with Crippen LogP contribution in [0.3, 0.4) is 0 Å². The second-order valence-corrected chi connectivity index (χ2v) is 4.09. The fraction of sp³-hybridized carbons (Fsp3) is 0.357. The van der Waals surface area contributed by atoms with Gasteiger partial charge in [-0.3, -0.25) is 4.90 Å². The molecule has 1 heterocycles. The van der Waals surface area contributed by atoms with Gasteiger partial charge in [0.2, 0.25) is 0 Å². The first-order valence-corrected chi connectivity index (χ1v) is 5.96. The van der Waals surface area contributed by atoms with Crippen molar-refractivity contribution in [3.63, 3.8) is 0 Å². The zero-order chi connectivity index (χ0) is 11.9. The Morgan fingerprint density at radius 3 is 2.50 bits per heavy atom. The topological polar surface area (TPSA) is 29.5 Å². The van der Waals surface area contributed by atoms with E-state index >= 15 is 0 Å². The summed E-state index contributed by atoms with van der Waals surface area (Å²) in [5, 5.41) is 0. The number of carbonyl (C=O) groups excluding carboxylic acids is 1. The quantitative estimate of drug-likeness (QED) is 0.466. The minimum atomic E-state index is -0.231. The molecule has 1 aliphatic heterocycles. The molecule has 0 atom stereocenters. The normalized spacial score (nSPS) is 14.2. The van der Waals surface area contributed by atoms with Crippen LogP contribution in [-0.2, 0) is 4.74 Å². The fourth-order valence-corrected chi connectivity index (χ4v) is 1.81. The van der Waals surface area contributed by atoms with Crippen LogP contribution < -0.4 is 0 Å². The van der Waals surface area contributed by atoms with Crippen molar-refractivity contribution in [2.24, 2.45) is 0 Å². The van der Waals surface area contributed by atoms with E-state index in [0.29, 0.717) is 12.2 Å². The summed E-state index contributed by atoms with van der Waals surface area (Å²) in [5.41, 5.74) is 0.621. The maximum Gasteiger partial charge on any atom is 0.338 e. The van der Waals surface area contributed by atoms with Crippen LogP contribution in [0.4, 0.5) is 0 Å². The third-order valence-electron chi connectivity index (χ3n) is 2.76. The van der Waals surface area contributed by atoms with E-state index in [2.05, 4.69) is 17.1 Å². The maximum absolute atomic E-state index is 11.6. The van der Waals surface area contributed by atoms with Gasteiger partial charge in [-0.05, 0) is 18.6 Å². The van der Waals surface area contributed by atoms with Crippen LogP contribution in [0.1, 0.15) is 16.8 Å². The van der Waals surface area contributed by atoms with Gasteiger partial charge in [0.1, 0.15) is 0 Å². The fourth-order valence-electron chi connectivity index (χ4n) is 1.81. The van der Waals surface area contributed by atoms with E-state index in [4.69, 9.17) is 4.74 Å². The molecular weight excluding hydrogens is 250 g/mol. The summed E-state index contributed by atoms with van der Waals surface area (Å²) in [6.45, 7) is 3.51. The molecule has 1 aromatic carbocycles. The highest BCUT2D eigenvalue weighted by atomic mass is 35.5. The molecule has 3 nitrogen and oxygen atoms in total. The summed E-state index contributed by atoms with van der Waals surface area (Å²) < 4.78 is 5.20. The van der Waals surface area contributed by atoms with Gasteiger partial charge in [-0.25, -0.2) is 4.79 Å². The first-order chi connectivity index (χ1) is 8.36. The molecule has 0 spiro atoms. The van der Waals surface area contributed by atoms with E-state index in [1.165, 1.54) is 0 Å². The molecule has 0 aliphatic carbocycles. The van der Waals surface area contributed by atoms with Gasteiger partial charge in [-0.1, -0.05) is 30.4 Å². The zero-order valence-electron chi connectivity index (χ0n) is 10.2. The van der Waals surface area contributed by atoms with Crippen LogP contribution in [0.5, 0.6) is 0 Å². The molecule has 0 aromatic heterocycles. The summed E-state index contributed by atoms with van der Waals surface area (Å²) >= 11 is 0. The predicted molar refractivity (Wildman–Crippen MR) is 74.2 cm³/mol. The molecule has 0 bridgehead atoms. The van der Waals surface area contributed by atoms with Gasteiger partial charge in [0.05, 0.1) is 12.2 Å². The Kier molecular flexibility index (Phi) is 6.47. The van der Waals surface area contributed by atoms with Crippen molar-refractivity contribution in [1.29, 1.82) is 0 Å². The summed E-state index contributed by atoms with van der Waals surface area (Å²) in [6, 6.07) is 9.11. The Morgan fingerprint density at radius 2 is 1.83 bits per heavy atom. The van der Waals surface area contributed by atoms with Gasteiger partial charge in [0, 0.05) is 19.6 Å². The van der Waals surface area contributed by atoms with E-state index in [1.807, 2.05) is 18.2 Å². The number of esters is 1. The van der Waals surface area contributed by atoms with Crippen molar-refractivity contribution >= 4 is 18.4 Å². The average molecular weight is 268 g/mol. The number of hydrogen-bond donors (Lipinski definition) is 0. The Labute approximate surface area is 114 Å². The standard InChI is InChI=1S/C14H17NO2.ClH/c16-14(13-7-2-1-3-8-13)17-12-6-11-15-9-4-5-10-15;/h1-5,7-8H,6,9-12H2;1H. The van der Waals surface area contributed by atoms with Crippen molar-refractivity contribution in [3.8, 4) is 0 Å². The van der Waals surface area contributed by atoms with Crippen molar-refractivity contribution in [2.45, 2.75) is 6.42 Å². The summed E-state index contributed by atoms with van der Waals surface area (Å²) in [5.74, 6) is -0.231. The highest BCUT2D eigenvalue weighted by Crippen LogP contribution is 2.03. The van der Waals surface area contributed by atoms with E-state index < -0.39 is 0 Å². The van der Waals surface area contributed by atoms with Gasteiger partial charge < -0.3 is 4.74 Å². The largest absolute Gasteiger partial charge is 0.462 e. The highest BCUT2D eigenvalue weighted by Gasteiger charge is 2.07. The molecule has 0 amide bonds. The maximum atomic E-state index is 11.6. The van der Waals surface area contributed by atoms with Crippen molar-refractivity contribution in [1.82, 2.24) is 4.90 Å². The number of rotatable bonds is 5. The minimum Gasteiger partial charge on any atom is -0.462 e. The van der Waals surface area contributed by atoms with Crippen molar-refractivity contribution < 1.29 is 9.53 Å². The van der Waals surface area contributed by atoms with E-state index in [-0.39, 0.29) is 18.4 Å². The highest BCUT2D eigenvalue weighted by molar-refractivity contribution is 5.89. The number of halogens is 1. The Bertz CT molecular complexity index is 384. The smallest absolute Gasteiger partial charge is 0.338 e. The summed E-state index contributed by atoms with van der Waals surface area (Å²) in [6.07, 6.45) is 5.21. The van der Waals surface area contributed by atoms with Crippen LogP contribution in [0.25, 0.3) is 0 Å². The lowest BCUT2D eigenvalue weighted by molar-refractivity contribution is 0.0491. The van der Waals surface area contributed by atoms with E-state index in [1.54, 1.807) is 12.1 Å². The number of nitrogens with zero attached hydrogens (tertiary/aromatic N) is 1. The number of hydrogen-bond acceptors (Lipinski definition) is 3. The van der Waals surface area contributed by atoms with Crippen LogP contribution in [0.15, 0.2) is 42.5 Å². The molecule has 1 aromatic rings.